The summed E-state index contributed by atoms with van der Waals surface area (Å²) >= 11 is 0. The largest absolute Gasteiger partial charge is 0.394 e. The summed E-state index contributed by atoms with van der Waals surface area (Å²) in [6.07, 6.45) is 3.86. The molecule has 2 aromatic heterocycles. The van der Waals surface area contributed by atoms with E-state index < -0.39 is 36.2 Å². The van der Waals surface area contributed by atoms with E-state index in [2.05, 4.69) is 15.0 Å². The quantitative estimate of drug-likeness (QED) is 0.459. The fourth-order valence-electron chi connectivity index (χ4n) is 2.38. The summed E-state index contributed by atoms with van der Waals surface area (Å²) in [6.45, 7) is -0.575. The Labute approximate surface area is 117 Å². The van der Waals surface area contributed by atoms with Crippen LogP contribution in [0.1, 0.15) is 6.23 Å². The van der Waals surface area contributed by atoms with Crippen LogP contribution in [0.4, 0.5) is 0 Å². The van der Waals surface area contributed by atoms with Crippen LogP contribution in [0.2, 0.25) is 0 Å². The highest BCUT2D eigenvalue weighted by atomic mass is 16.6. The summed E-state index contributed by atoms with van der Waals surface area (Å²) in [5, 5.41) is 29.7. The van der Waals surface area contributed by atoms with Gasteiger partial charge in [-0.3, -0.25) is 9.36 Å². The van der Waals surface area contributed by atoms with Crippen LogP contribution in [0.15, 0.2) is 17.4 Å². The molecule has 1 aliphatic rings. The standard InChI is InChI=1S/C12H12N4O5/c1-2-12(20)6(3-17)21-11(8(12)18)16-5-15-7-9(16)13-4-14-10(7)19/h1,4-6,8,11,17-18,20H,3H2,(H,13,14,19). The second kappa shape index (κ2) is 4.64. The lowest BCUT2D eigenvalue weighted by Gasteiger charge is -2.23. The Morgan fingerprint density at radius 2 is 2.33 bits per heavy atom. The molecular formula is C12H12N4O5. The third-order valence-corrected chi connectivity index (χ3v) is 3.55. The minimum absolute atomic E-state index is 0.0602. The Morgan fingerprint density at radius 3 is 2.95 bits per heavy atom. The molecule has 4 N–H and O–H groups in total. The second-order valence-electron chi connectivity index (χ2n) is 4.67. The molecular weight excluding hydrogens is 280 g/mol. The van der Waals surface area contributed by atoms with Gasteiger partial charge in [-0.25, -0.2) is 9.97 Å². The molecule has 21 heavy (non-hydrogen) atoms. The Hall–Kier alpha value is -2.25. The van der Waals surface area contributed by atoms with E-state index in [1.165, 1.54) is 17.2 Å². The number of aromatic nitrogens is 4. The lowest BCUT2D eigenvalue weighted by molar-refractivity contribution is -0.0605. The van der Waals surface area contributed by atoms with Crippen LogP contribution in [0, 0.1) is 12.3 Å². The minimum atomic E-state index is -2.04. The van der Waals surface area contributed by atoms with Gasteiger partial charge in [0.05, 0.1) is 19.3 Å². The maximum Gasteiger partial charge on any atom is 0.278 e. The van der Waals surface area contributed by atoms with Crippen molar-refractivity contribution in [2.24, 2.45) is 0 Å². The number of nitrogens with one attached hydrogen (secondary N) is 1. The Bertz CT molecular complexity index is 778. The van der Waals surface area contributed by atoms with Crippen LogP contribution in [-0.4, -0.2) is 59.3 Å². The summed E-state index contributed by atoms with van der Waals surface area (Å²) in [5.41, 5.74) is -2.26. The third-order valence-electron chi connectivity index (χ3n) is 3.55. The van der Waals surface area contributed by atoms with E-state index in [-0.39, 0.29) is 11.2 Å². The molecule has 0 aliphatic carbocycles. The van der Waals surface area contributed by atoms with Gasteiger partial charge in [0.1, 0.15) is 12.2 Å². The van der Waals surface area contributed by atoms with Gasteiger partial charge in [0.2, 0.25) is 0 Å². The predicted molar refractivity (Wildman–Crippen MR) is 68.9 cm³/mol. The lowest BCUT2D eigenvalue weighted by atomic mass is 9.93. The van der Waals surface area contributed by atoms with Crippen LogP contribution in [-0.2, 0) is 4.74 Å². The molecule has 1 fully saturated rings. The van der Waals surface area contributed by atoms with Crippen molar-refractivity contribution in [3.63, 3.8) is 0 Å². The van der Waals surface area contributed by atoms with Crippen molar-refractivity contribution in [2.45, 2.75) is 24.0 Å². The number of nitrogens with zero attached hydrogens (tertiary/aromatic N) is 3. The highest BCUT2D eigenvalue weighted by Gasteiger charge is 2.55. The van der Waals surface area contributed by atoms with Crippen LogP contribution >= 0.6 is 0 Å². The first-order valence-electron chi connectivity index (χ1n) is 6.07. The van der Waals surface area contributed by atoms with Gasteiger partial charge in [-0.1, -0.05) is 5.92 Å². The molecule has 3 rings (SSSR count). The van der Waals surface area contributed by atoms with Gasteiger partial charge in [-0.05, 0) is 0 Å². The SMILES string of the molecule is C#CC1(O)C(CO)OC(n2cnc3c(=O)[nH]cnc32)C1O. The van der Waals surface area contributed by atoms with Crippen molar-refractivity contribution in [1.82, 2.24) is 19.5 Å². The molecule has 0 aromatic carbocycles. The Morgan fingerprint density at radius 1 is 1.57 bits per heavy atom. The van der Waals surface area contributed by atoms with Gasteiger partial charge >= 0.3 is 0 Å². The molecule has 1 aliphatic heterocycles. The van der Waals surface area contributed by atoms with Crippen molar-refractivity contribution in [3.8, 4) is 12.3 Å². The average molecular weight is 292 g/mol. The van der Waals surface area contributed by atoms with E-state index in [0.717, 1.165) is 0 Å². The van der Waals surface area contributed by atoms with Crippen molar-refractivity contribution < 1.29 is 20.1 Å². The van der Waals surface area contributed by atoms with Crippen molar-refractivity contribution >= 4 is 11.2 Å². The van der Waals surface area contributed by atoms with Gasteiger partial charge in [0, 0.05) is 0 Å². The molecule has 4 atom stereocenters. The molecule has 1 saturated heterocycles. The zero-order valence-electron chi connectivity index (χ0n) is 10.7. The highest BCUT2D eigenvalue weighted by Crippen LogP contribution is 2.37. The lowest BCUT2D eigenvalue weighted by Crippen LogP contribution is -2.47. The Kier molecular flexibility index (Phi) is 3.03. The topological polar surface area (TPSA) is 133 Å². The van der Waals surface area contributed by atoms with E-state index in [9.17, 15) is 20.1 Å². The number of ether oxygens (including phenoxy) is 1. The van der Waals surface area contributed by atoms with E-state index in [4.69, 9.17) is 11.2 Å². The number of hydrogen-bond donors (Lipinski definition) is 4. The van der Waals surface area contributed by atoms with Gasteiger partial charge < -0.3 is 25.0 Å². The van der Waals surface area contributed by atoms with E-state index >= 15 is 0 Å². The first kappa shape index (κ1) is 13.7. The third kappa shape index (κ3) is 1.78. The fourth-order valence-corrected chi connectivity index (χ4v) is 2.38. The number of aliphatic hydroxyl groups is 3. The number of imidazole rings is 1. The first-order valence-corrected chi connectivity index (χ1v) is 6.07. The zero-order chi connectivity index (χ0) is 15.2. The van der Waals surface area contributed by atoms with Gasteiger partial charge in [0.25, 0.3) is 5.56 Å². The maximum absolute atomic E-state index is 11.6. The van der Waals surface area contributed by atoms with E-state index in [1.54, 1.807) is 0 Å². The second-order valence-corrected chi connectivity index (χ2v) is 4.67. The number of rotatable bonds is 2. The summed E-state index contributed by atoms with van der Waals surface area (Å²) in [4.78, 5) is 21.8. The number of fused-ring (bicyclic) bond motifs is 1. The molecule has 0 radical (unpaired) electrons. The number of aromatic amines is 1. The first-order chi connectivity index (χ1) is 10.0. The number of H-pyrrole nitrogens is 1. The van der Waals surface area contributed by atoms with Crippen molar-refractivity contribution in [3.05, 3.63) is 23.0 Å². The van der Waals surface area contributed by atoms with Crippen molar-refractivity contribution in [2.75, 3.05) is 6.61 Å². The van der Waals surface area contributed by atoms with Gasteiger partial charge in [-0.2, -0.15) is 0 Å². The summed E-state index contributed by atoms with van der Waals surface area (Å²) in [7, 11) is 0. The summed E-state index contributed by atoms with van der Waals surface area (Å²) in [6, 6.07) is 0. The molecule has 0 amide bonds. The highest BCUT2D eigenvalue weighted by molar-refractivity contribution is 5.68. The van der Waals surface area contributed by atoms with Gasteiger partial charge in [-0.15, -0.1) is 6.42 Å². The average Bonchev–Trinajstić information content (AvgIpc) is 3.01. The van der Waals surface area contributed by atoms with Gasteiger partial charge in [0.15, 0.2) is 23.0 Å². The number of hydrogen-bond acceptors (Lipinski definition) is 7. The predicted octanol–water partition coefficient (Wildman–Crippen LogP) is -2.27. The molecule has 110 valence electrons. The molecule has 0 bridgehead atoms. The number of terminal acetylenes is 1. The van der Waals surface area contributed by atoms with Crippen LogP contribution in [0.3, 0.4) is 0 Å². The fraction of sp³-hybridized carbons (Fsp3) is 0.417. The molecule has 0 saturated carbocycles. The summed E-state index contributed by atoms with van der Waals surface area (Å²) in [5.74, 6) is 2.04. The maximum atomic E-state index is 11.6. The van der Waals surface area contributed by atoms with E-state index in [0.29, 0.717) is 0 Å². The minimum Gasteiger partial charge on any atom is -0.394 e. The molecule has 3 heterocycles. The van der Waals surface area contributed by atoms with Crippen LogP contribution in [0.5, 0.6) is 0 Å². The molecule has 0 spiro atoms. The molecule has 2 aromatic rings. The molecule has 9 nitrogen and oxygen atoms in total. The zero-order valence-corrected chi connectivity index (χ0v) is 10.7. The summed E-state index contributed by atoms with van der Waals surface area (Å²) < 4.78 is 6.68. The van der Waals surface area contributed by atoms with Crippen LogP contribution in [0.25, 0.3) is 11.2 Å². The number of aliphatic hydroxyl groups excluding tert-OH is 2. The molecule has 4 unspecified atom stereocenters. The van der Waals surface area contributed by atoms with E-state index in [1.807, 2.05) is 5.92 Å². The van der Waals surface area contributed by atoms with Crippen molar-refractivity contribution in [1.29, 1.82) is 0 Å². The smallest absolute Gasteiger partial charge is 0.278 e. The normalized spacial score (nSPS) is 32.4. The monoisotopic (exact) mass is 292 g/mol. The molecule has 9 heteroatoms. The Balaban J connectivity index is 2.11. The van der Waals surface area contributed by atoms with Crippen LogP contribution < -0.4 is 5.56 Å².